The van der Waals surface area contributed by atoms with Crippen molar-refractivity contribution in [1.82, 2.24) is 5.32 Å². The molecule has 140 valence electrons. The number of carbonyl (C=O) groups excluding carboxylic acids is 1. The first-order chi connectivity index (χ1) is 12.4. The van der Waals surface area contributed by atoms with Crippen LogP contribution in [-0.2, 0) is 14.8 Å². The Labute approximate surface area is 153 Å². The van der Waals surface area contributed by atoms with Gasteiger partial charge in [-0.1, -0.05) is 0 Å². The lowest BCUT2D eigenvalue weighted by molar-refractivity contribution is 0.0905. The summed E-state index contributed by atoms with van der Waals surface area (Å²) in [6, 6.07) is 12.1. The zero-order valence-corrected chi connectivity index (χ0v) is 15.7. The summed E-state index contributed by atoms with van der Waals surface area (Å²) in [6.45, 7) is 2.21. The van der Waals surface area contributed by atoms with Gasteiger partial charge in [0, 0.05) is 24.4 Å². The molecule has 0 aliphatic carbocycles. The van der Waals surface area contributed by atoms with Gasteiger partial charge in [-0.2, -0.15) is 0 Å². The summed E-state index contributed by atoms with van der Waals surface area (Å²) in [5, 5.41) is 2.77. The number of hydrogen-bond donors (Lipinski definition) is 2. The zero-order valence-electron chi connectivity index (χ0n) is 14.9. The first kappa shape index (κ1) is 19.7. The van der Waals surface area contributed by atoms with Gasteiger partial charge in [0.15, 0.2) is 0 Å². The van der Waals surface area contributed by atoms with Crippen LogP contribution in [0.15, 0.2) is 53.4 Å². The highest BCUT2D eigenvalue weighted by Gasteiger charge is 2.16. The fourth-order valence-corrected chi connectivity index (χ4v) is 3.32. The molecule has 7 nitrogen and oxygen atoms in total. The highest BCUT2D eigenvalue weighted by molar-refractivity contribution is 7.92. The number of benzene rings is 2. The maximum atomic E-state index is 12.4. The molecule has 8 heteroatoms. The third-order valence-corrected chi connectivity index (χ3v) is 4.96. The summed E-state index contributed by atoms with van der Waals surface area (Å²) in [7, 11) is -0.661. The Kier molecular flexibility index (Phi) is 6.59. The molecule has 0 fully saturated rings. The second-order valence-corrected chi connectivity index (χ2v) is 7.37. The van der Waals surface area contributed by atoms with Crippen molar-refractivity contribution >= 4 is 21.6 Å². The van der Waals surface area contributed by atoms with Gasteiger partial charge in [-0.05, 0) is 55.5 Å². The van der Waals surface area contributed by atoms with E-state index in [1.165, 1.54) is 31.4 Å². The van der Waals surface area contributed by atoms with Gasteiger partial charge in [-0.25, -0.2) is 8.42 Å². The van der Waals surface area contributed by atoms with Crippen molar-refractivity contribution in [2.45, 2.75) is 17.9 Å². The quantitative estimate of drug-likeness (QED) is 0.735. The van der Waals surface area contributed by atoms with E-state index in [1.807, 2.05) is 6.92 Å². The molecule has 0 heterocycles. The average Bonchev–Trinajstić information content (AvgIpc) is 2.62. The van der Waals surface area contributed by atoms with Crippen LogP contribution in [-0.4, -0.2) is 41.2 Å². The second kappa shape index (κ2) is 8.68. The third kappa shape index (κ3) is 5.21. The summed E-state index contributed by atoms with van der Waals surface area (Å²) in [5.41, 5.74) is 0.789. The van der Waals surface area contributed by atoms with Crippen LogP contribution in [0, 0.1) is 0 Å². The smallest absolute Gasteiger partial charge is 0.261 e. The molecular formula is C18H22N2O5S. The van der Waals surface area contributed by atoms with Crippen LogP contribution >= 0.6 is 0 Å². The average molecular weight is 378 g/mol. The number of carbonyl (C=O) groups is 1. The fraction of sp³-hybridized carbons (Fsp3) is 0.278. The Morgan fingerprint density at radius 2 is 1.65 bits per heavy atom. The summed E-state index contributed by atoms with van der Waals surface area (Å²) >= 11 is 0. The minimum absolute atomic E-state index is 0.0646. The van der Waals surface area contributed by atoms with E-state index in [0.717, 1.165) is 0 Å². The molecule has 0 aliphatic heterocycles. The monoisotopic (exact) mass is 378 g/mol. The molecule has 1 unspecified atom stereocenters. The maximum Gasteiger partial charge on any atom is 0.261 e. The molecule has 0 radical (unpaired) electrons. The van der Waals surface area contributed by atoms with Crippen LogP contribution in [0.2, 0.25) is 0 Å². The fourth-order valence-electron chi connectivity index (χ4n) is 2.26. The molecule has 2 rings (SSSR count). The van der Waals surface area contributed by atoms with Crippen molar-refractivity contribution in [3.8, 4) is 5.75 Å². The topological polar surface area (TPSA) is 93.7 Å². The van der Waals surface area contributed by atoms with Gasteiger partial charge in [0.1, 0.15) is 5.75 Å². The molecule has 2 aromatic carbocycles. The van der Waals surface area contributed by atoms with Gasteiger partial charge >= 0.3 is 0 Å². The van der Waals surface area contributed by atoms with Crippen LogP contribution in [0.1, 0.15) is 17.3 Å². The number of sulfonamides is 1. The van der Waals surface area contributed by atoms with Gasteiger partial charge < -0.3 is 14.8 Å². The zero-order chi connectivity index (χ0) is 19.2. The van der Waals surface area contributed by atoms with E-state index in [0.29, 0.717) is 23.6 Å². The van der Waals surface area contributed by atoms with Gasteiger partial charge in [-0.15, -0.1) is 0 Å². The van der Waals surface area contributed by atoms with E-state index in [9.17, 15) is 13.2 Å². The number of ether oxygens (including phenoxy) is 2. The van der Waals surface area contributed by atoms with Crippen LogP contribution in [0.25, 0.3) is 0 Å². The molecule has 2 N–H and O–H groups in total. The van der Waals surface area contributed by atoms with Crippen LogP contribution in [0.5, 0.6) is 5.75 Å². The third-order valence-electron chi connectivity index (χ3n) is 3.56. The molecule has 1 amide bonds. The Balaban J connectivity index is 2.09. The summed E-state index contributed by atoms with van der Waals surface area (Å²) in [6.07, 6.45) is 0. The van der Waals surface area contributed by atoms with Crippen LogP contribution in [0.4, 0.5) is 5.69 Å². The Morgan fingerprint density at radius 3 is 2.19 bits per heavy atom. The van der Waals surface area contributed by atoms with E-state index >= 15 is 0 Å². The molecule has 0 saturated heterocycles. The van der Waals surface area contributed by atoms with Gasteiger partial charge in [0.05, 0.1) is 18.6 Å². The van der Waals surface area contributed by atoms with E-state index < -0.39 is 10.0 Å². The van der Waals surface area contributed by atoms with Crippen molar-refractivity contribution in [3.05, 3.63) is 54.1 Å². The molecule has 0 bridgehead atoms. The van der Waals surface area contributed by atoms with Crippen LogP contribution in [0.3, 0.4) is 0 Å². The Morgan fingerprint density at radius 1 is 1.04 bits per heavy atom. The van der Waals surface area contributed by atoms with E-state index in [1.54, 1.807) is 31.4 Å². The number of methoxy groups -OCH3 is 2. The van der Waals surface area contributed by atoms with Crippen molar-refractivity contribution < 1.29 is 22.7 Å². The van der Waals surface area contributed by atoms with Crippen molar-refractivity contribution in [2.75, 3.05) is 25.5 Å². The first-order valence-corrected chi connectivity index (χ1v) is 9.41. The lowest BCUT2D eigenvalue weighted by Gasteiger charge is -2.13. The molecule has 0 aliphatic rings. The summed E-state index contributed by atoms with van der Waals surface area (Å²) in [5.74, 6) is 0.340. The number of rotatable bonds is 8. The SMILES string of the molecule is COCC(C)NC(=O)c1ccc(S(=O)(=O)Nc2ccc(OC)cc2)cc1. The van der Waals surface area contributed by atoms with Crippen molar-refractivity contribution in [1.29, 1.82) is 0 Å². The molecule has 2 aromatic rings. The highest BCUT2D eigenvalue weighted by atomic mass is 32.2. The van der Waals surface area contributed by atoms with E-state index in [4.69, 9.17) is 9.47 Å². The Bertz CT molecular complexity index is 833. The number of anilines is 1. The number of hydrogen-bond acceptors (Lipinski definition) is 5. The van der Waals surface area contributed by atoms with Crippen molar-refractivity contribution in [3.63, 3.8) is 0 Å². The summed E-state index contributed by atoms with van der Waals surface area (Å²) in [4.78, 5) is 12.2. The molecular weight excluding hydrogens is 356 g/mol. The van der Waals surface area contributed by atoms with Crippen molar-refractivity contribution in [2.24, 2.45) is 0 Å². The standard InChI is InChI=1S/C18H22N2O5S/c1-13(12-24-2)19-18(21)14-4-10-17(11-5-14)26(22,23)20-15-6-8-16(25-3)9-7-15/h4-11,13,20H,12H2,1-3H3,(H,19,21). The van der Waals surface area contributed by atoms with Gasteiger partial charge in [-0.3, -0.25) is 9.52 Å². The summed E-state index contributed by atoms with van der Waals surface area (Å²) < 4.78 is 37.4. The maximum absolute atomic E-state index is 12.4. The second-order valence-electron chi connectivity index (χ2n) is 5.69. The molecule has 0 spiro atoms. The molecule has 26 heavy (non-hydrogen) atoms. The minimum atomic E-state index is -3.75. The van der Waals surface area contributed by atoms with E-state index in [-0.39, 0.29) is 16.8 Å². The van der Waals surface area contributed by atoms with Gasteiger partial charge in [0.25, 0.3) is 15.9 Å². The lowest BCUT2D eigenvalue weighted by atomic mass is 10.2. The lowest BCUT2D eigenvalue weighted by Crippen LogP contribution is -2.35. The number of nitrogens with one attached hydrogen (secondary N) is 2. The molecule has 0 saturated carbocycles. The largest absolute Gasteiger partial charge is 0.497 e. The molecule has 0 aromatic heterocycles. The first-order valence-electron chi connectivity index (χ1n) is 7.92. The molecule has 1 atom stereocenters. The normalized spacial score (nSPS) is 12.3. The van der Waals surface area contributed by atoms with E-state index in [2.05, 4.69) is 10.0 Å². The van der Waals surface area contributed by atoms with Gasteiger partial charge in [0.2, 0.25) is 0 Å². The number of amides is 1. The predicted octanol–water partition coefficient (Wildman–Crippen LogP) is 2.26. The van der Waals surface area contributed by atoms with Crippen LogP contribution < -0.4 is 14.8 Å². The Hall–Kier alpha value is -2.58. The highest BCUT2D eigenvalue weighted by Crippen LogP contribution is 2.19. The predicted molar refractivity (Wildman–Crippen MR) is 99.0 cm³/mol. The minimum Gasteiger partial charge on any atom is -0.497 e.